The lowest BCUT2D eigenvalue weighted by Gasteiger charge is -2.15. The number of sulfonamides is 1. The molecule has 8 heteroatoms. The topological polar surface area (TPSA) is 116 Å². The molecule has 1 aliphatic rings. The average Bonchev–Trinajstić information content (AvgIpc) is 2.99. The molecule has 0 radical (unpaired) electrons. The van der Waals surface area contributed by atoms with E-state index < -0.39 is 22.0 Å². The Morgan fingerprint density at radius 1 is 1.25 bits per heavy atom. The van der Waals surface area contributed by atoms with Crippen LogP contribution in [0.25, 0.3) is 0 Å². The van der Waals surface area contributed by atoms with Gasteiger partial charge in [0.05, 0.1) is 4.90 Å². The Kier molecular flexibility index (Phi) is 5.95. The molecule has 0 aliphatic heterocycles. The van der Waals surface area contributed by atoms with Gasteiger partial charge in [-0.05, 0) is 49.9 Å². The summed E-state index contributed by atoms with van der Waals surface area (Å²) in [5.41, 5.74) is 0.395. The molecule has 1 fully saturated rings. The highest BCUT2D eigenvalue weighted by Crippen LogP contribution is 2.27. The molecule has 0 saturated heterocycles. The normalized spacial score (nSPS) is 16.6. The van der Waals surface area contributed by atoms with Crippen molar-refractivity contribution in [3.05, 3.63) is 24.3 Å². The number of ether oxygens (including phenoxy) is 1. The second-order valence-corrected chi connectivity index (χ2v) is 7.61. The van der Waals surface area contributed by atoms with E-state index in [9.17, 15) is 18.0 Å². The molecule has 1 aromatic carbocycles. The van der Waals surface area contributed by atoms with Gasteiger partial charge in [0.2, 0.25) is 10.0 Å². The van der Waals surface area contributed by atoms with Crippen LogP contribution in [0.4, 0.5) is 5.69 Å². The summed E-state index contributed by atoms with van der Waals surface area (Å²) in [5, 5.41) is 7.57. The van der Waals surface area contributed by atoms with E-state index in [-0.39, 0.29) is 10.9 Å². The molecule has 0 aromatic heterocycles. The minimum Gasteiger partial charge on any atom is -0.453 e. The summed E-state index contributed by atoms with van der Waals surface area (Å²) in [4.78, 5) is 23.8. The van der Waals surface area contributed by atoms with Crippen molar-refractivity contribution in [2.75, 3.05) is 5.32 Å². The lowest BCUT2D eigenvalue weighted by atomic mass is 10.0. The summed E-state index contributed by atoms with van der Waals surface area (Å²) in [7, 11) is -3.77. The second kappa shape index (κ2) is 7.76. The van der Waals surface area contributed by atoms with Crippen LogP contribution in [0.5, 0.6) is 0 Å². The van der Waals surface area contributed by atoms with Gasteiger partial charge in [-0.25, -0.2) is 13.6 Å². The van der Waals surface area contributed by atoms with E-state index >= 15 is 0 Å². The predicted molar refractivity (Wildman–Crippen MR) is 88.6 cm³/mol. The molecule has 1 aliphatic carbocycles. The number of primary sulfonamides is 1. The van der Waals surface area contributed by atoms with Gasteiger partial charge < -0.3 is 10.1 Å². The molecule has 0 bridgehead atoms. The van der Waals surface area contributed by atoms with Crippen LogP contribution in [-0.4, -0.2) is 26.4 Å². The van der Waals surface area contributed by atoms with E-state index in [1.54, 1.807) is 0 Å². The Morgan fingerprint density at radius 3 is 2.38 bits per heavy atom. The standard InChI is InChI=1S/C16H22N2O5S/c1-11(23-15(19)10-12-4-2-3-5-12)16(20)18-13-6-8-14(9-7-13)24(17,21)22/h6-9,11-12H,2-5,10H2,1H3,(H,18,20)(H2,17,21,22)/t11-/m1/s1. The first-order valence-electron chi connectivity index (χ1n) is 7.89. The molecular weight excluding hydrogens is 332 g/mol. The molecule has 7 nitrogen and oxygen atoms in total. The van der Waals surface area contributed by atoms with Crippen molar-refractivity contribution in [2.24, 2.45) is 11.1 Å². The van der Waals surface area contributed by atoms with Crippen molar-refractivity contribution in [3.63, 3.8) is 0 Å². The zero-order valence-electron chi connectivity index (χ0n) is 13.5. The van der Waals surface area contributed by atoms with Gasteiger partial charge in [0.25, 0.3) is 5.91 Å². The largest absolute Gasteiger partial charge is 0.453 e. The number of nitrogens with one attached hydrogen (secondary N) is 1. The predicted octanol–water partition coefficient (Wildman–Crippen LogP) is 1.78. The number of rotatable bonds is 6. The zero-order chi connectivity index (χ0) is 17.7. The molecule has 0 heterocycles. The third-order valence-electron chi connectivity index (χ3n) is 4.06. The van der Waals surface area contributed by atoms with E-state index in [1.165, 1.54) is 31.2 Å². The minimum absolute atomic E-state index is 0.0449. The fraction of sp³-hybridized carbons (Fsp3) is 0.500. The third-order valence-corrected chi connectivity index (χ3v) is 4.99. The molecule has 0 unspecified atom stereocenters. The number of benzene rings is 1. The first-order chi connectivity index (χ1) is 11.3. The molecule has 0 spiro atoms. The Labute approximate surface area is 141 Å². The van der Waals surface area contributed by atoms with Crippen LogP contribution in [0.1, 0.15) is 39.0 Å². The van der Waals surface area contributed by atoms with Crippen LogP contribution in [0.15, 0.2) is 29.2 Å². The van der Waals surface area contributed by atoms with Crippen LogP contribution in [-0.2, 0) is 24.3 Å². The fourth-order valence-corrected chi connectivity index (χ4v) is 3.24. The number of carbonyl (C=O) groups excluding carboxylic acids is 2. The highest BCUT2D eigenvalue weighted by Gasteiger charge is 2.23. The second-order valence-electron chi connectivity index (χ2n) is 6.05. The van der Waals surface area contributed by atoms with Crippen molar-refractivity contribution in [3.8, 4) is 0 Å². The number of amides is 1. The zero-order valence-corrected chi connectivity index (χ0v) is 14.3. The van der Waals surface area contributed by atoms with Crippen molar-refractivity contribution < 1.29 is 22.7 Å². The highest BCUT2D eigenvalue weighted by molar-refractivity contribution is 7.89. The highest BCUT2D eigenvalue weighted by atomic mass is 32.2. The van der Waals surface area contributed by atoms with Crippen LogP contribution in [0, 0.1) is 5.92 Å². The number of hydrogen-bond donors (Lipinski definition) is 2. The number of esters is 1. The van der Waals surface area contributed by atoms with Crippen molar-refractivity contribution in [1.29, 1.82) is 0 Å². The van der Waals surface area contributed by atoms with Gasteiger partial charge in [-0.1, -0.05) is 12.8 Å². The van der Waals surface area contributed by atoms with Gasteiger partial charge in [-0.2, -0.15) is 0 Å². The Hall–Kier alpha value is -1.93. The van der Waals surface area contributed by atoms with Gasteiger partial charge >= 0.3 is 5.97 Å². The number of nitrogens with two attached hydrogens (primary N) is 1. The summed E-state index contributed by atoms with van der Waals surface area (Å²) in [5.74, 6) is -0.481. The number of carbonyl (C=O) groups is 2. The Balaban J connectivity index is 1.85. The molecule has 1 aromatic rings. The van der Waals surface area contributed by atoms with E-state index in [0.29, 0.717) is 18.0 Å². The maximum Gasteiger partial charge on any atom is 0.306 e. The van der Waals surface area contributed by atoms with Crippen LogP contribution in [0.3, 0.4) is 0 Å². The van der Waals surface area contributed by atoms with E-state index in [2.05, 4.69) is 5.32 Å². The molecule has 1 atom stereocenters. The average molecular weight is 354 g/mol. The van der Waals surface area contributed by atoms with E-state index in [4.69, 9.17) is 9.88 Å². The van der Waals surface area contributed by atoms with Gasteiger partial charge in [0.15, 0.2) is 6.10 Å². The molecule has 24 heavy (non-hydrogen) atoms. The SMILES string of the molecule is C[C@@H](OC(=O)CC1CCCC1)C(=O)Nc1ccc(S(N)(=O)=O)cc1. The summed E-state index contributed by atoms with van der Waals surface area (Å²) in [6, 6.07) is 5.43. The summed E-state index contributed by atoms with van der Waals surface area (Å²) in [6.07, 6.45) is 3.78. The molecule has 1 amide bonds. The maximum absolute atomic E-state index is 12.0. The monoisotopic (exact) mass is 354 g/mol. The quantitative estimate of drug-likeness (QED) is 0.756. The summed E-state index contributed by atoms with van der Waals surface area (Å²) < 4.78 is 27.5. The van der Waals surface area contributed by atoms with E-state index in [0.717, 1.165) is 25.7 Å². The molecule has 1 saturated carbocycles. The first kappa shape index (κ1) is 18.4. The number of hydrogen-bond acceptors (Lipinski definition) is 5. The molecule has 2 rings (SSSR count). The summed E-state index contributed by atoms with van der Waals surface area (Å²) >= 11 is 0. The van der Waals surface area contributed by atoms with Gasteiger partial charge in [-0.15, -0.1) is 0 Å². The molecular formula is C16H22N2O5S. The third kappa shape index (κ3) is 5.31. The van der Waals surface area contributed by atoms with E-state index in [1.807, 2.05) is 0 Å². The molecule has 3 N–H and O–H groups in total. The van der Waals surface area contributed by atoms with Gasteiger partial charge in [-0.3, -0.25) is 9.59 Å². The smallest absolute Gasteiger partial charge is 0.306 e. The maximum atomic E-state index is 12.0. The Bertz CT molecular complexity index is 694. The molecule has 132 valence electrons. The van der Waals surface area contributed by atoms with Crippen molar-refractivity contribution in [2.45, 2.75) is 50.0 Å². The lowest BCUT2D eigenvalue weighted by Crippen LogP contribution is -2.30. The minimum atomic E-state index is -3.77. The number of anilines is 1. The van der Waals surface area contributed by atoms with Crippen LogP contribution < -0.4 is 10.5 Å². The van der Waals surface area contributed by atoms with Crippen LogP contribution >= 0.6 is 0 Å². The lowest BCUT2D eigenvalue weighted by molar-refractivity contribution is -0.154. The Morgan fingerprint density at radius 2 is 1.83 bits per heavy atom. The fourth-order valence-electron chi connectivity index (χ4n) is 2.72. The van der Waals surface area contributed by atoms with Gasteiger partial charge in [0, 0.05) is 12.1 Å². The summed E-state index contributed by atoms with van der Waals surface area (Å²) in [6.45, 7) is 1.50. The van der Waals surface area contributed by atoms with Crippen molar-refractivity contribution >= 4 is 27.6 Å². The van der Waals surface area contributed by atoms with Crippen molar-refractivity contribution in [1.82, 2.24) is 0 Å². The van der Waals surface area contributed by atoms with Crippen LogP contribution in [0.2, 0.25) is 0 Å². The first-order valence-corrected chi connectivity index (χ1v) is 9.43. The van der Waals surface area contributed by atoms with Gasteiger partial charge in [0.1, 0.15) is 0 Å².